The third-order valence-electron chi connectivity index (χ3n) is 4.59. The van der Waals surface area contributed by atoms with E-state index in [1.807, 2.05) is 18.2 Å². The number of methoxy groups -OCH3 is 1. The molecule has 0 unspecified atom stereocenters. The first-order valence-corrected chi connectivity index (χ1v) is 7.81. The van der Waals surface area contributed by atoms with Crippen LogP contribution in [0.2, 0.25) is 0 Å². The van der Waals surface area contributed by atoms with Gasteiger partial charge in [0.15, 0.2) is 0 Å². The summed E-state index contributed by atoms with van der Waals surface area (Å²) in [7, 11) is 1.60. The number of aromatic nitrogens is 1. The van der Waals surface area contributed by atoms with E-state index in [-0.39, 0.29) is 11.7 Å². The Morgan fingerprint density at radius 1 is 1.26 bits per heavy atom. The summed E-state index contributed by atoms with van der Waals surface area (Å²) in [5.41, 5.74) is 4.78. The van der Waals surface area contributed by atoms with Gasteiger partial charge in [-0.25, -0.2) is 0 Å². The minimum atomic E-state index is -0.166. The van der Waals surface area contributed by atoms with E-state index >= 15 is 0 Å². The van der Waals surface area contributed by atoms with Gasteiger partial charge >= 0.3 is 0 Å². The molecule has 0 radical (unpaired) electrons. The van der Waals surface area contributed by atoms with E-state index in [0.717, 1.165) is 48.2 Å². The first kappa shape index (κ1) is 13.9. The quantitative estimate of drug-likeness (QED) is 0.746. The molecule has 1 aliphatic heterocycles. The van der Waals surface area contributed by atoms with Crippen molar-refractivity contribution in [1.82, 2.24) is 4.98 Å². The monoisotopic (exact) mass is 310 g/mol. The summed E-state index contributed by atoms with van der Waals surface area (Å²) in [4.78, 5) is 15.5. The van der Waals surface area contributed by atoms with Crippen molar-refractivity contribution in [1.29, 1.82) is 0 Å². The molecule has 0 fully saturated rings. The molecule has 5 nitrogen and oxygen atoms in total. The number of rotatable bonds is 2. The molecule has 0 saturated heterocycles. The number of nitrogens with one attached hydrogen (secondary N) is 2. The highest BCUT2D eigenvalue weighted by molar-refractivity contribution is 6.35. The summed E-state index contributed by atoms with van der Waals surface area (Å²) in [5.74, 6) is 0.803. The number of H-pyrrole nitrogens is 1. The van der Waals surface area contributed by atoms with Crippen molar-refractivity contribution in [2.75, 3.05) is 12.4 Å². The zero-order valence-corrected chi connectivity index (χ0v) is 12.9. The lowest BCUT2D eigenvalue weighted by Gasteiger charge is -2.09. The van der Waals surface area contributed by atoms with Crippen LogP contribution in [0.4, 0.5) is 5.69 Å². The highest BCUT2D eigenvalue weighted by Crippen LogP contribution is 2.38. The lowest BCUT2D eigenvalue weighted by Crippen LogP contribution is -2.03. The zero-order chi connectivity index (χ0) is 16.0. The Kier molecular flexibility index (Phi) is 3.15. The minimum Gasteiger partial charge on any atom is -0.505 e. The topological polar surface area (TPSA) is 74.3 Å². The number of carbonyl (C=O) groups is 1. The number of benzene rings is 1. The second kappa shape index (κ2) is 5.19. The molecule has 2 heterocycles. The molecule has 1 aromatic carbocycles. The fourth-order valence-corrected chi connectivity index (χ4v) is 3.38. The molecule has 2 aromatic rings. The van der Waals surface area contributed by atoms with Crippen LogP contribution in [-0.2, 0) is 17.6 Å². The van der Waals surface area contributed by atoms with Gasteiger partial charge < -0.3 is 20.1 Å². The average molecular weight is 310 g/mol. The Hall–Kier alpha value is -2.69. The maximum atomic E-state index is 12.3. The largest absolute Gasteiger partial charge is 0.505 e. The SMILES string of the molecule is COc1ccc2c(c1)C(=Cc1[nH]c3c(c1O)CCCC3)C(=O)N2. The fourth-order valence-electron chi connectivity index (χ4n) is 3.38. The van der Waals surface area contributed by atoms with E-state index in [1.165, 1.54) is 0 Å². The molecule has 1 aromatic heterocycles. The van der Waals surface area contributed by atoms with E-state index in [1.54, 1.807) is 13.2 Å². The first-order valence-electron chi connectivity index (χ1n) is 7.81. The number of aromatic amines is 1. The molecule has 0 spiro atoms. The van der Waals surface area contributed by atoms with E-state index in [0.29, 0.717) is 17.0 Å². The Labute approximate surface area is 134 Å². The number of ether oxygens (including phenoxy) is 1. The summed E-state index contributed by atoms with van der Waals surface area (Å²) in [6.07, 6.45) is 5.78. The Balaban J connectivity index is 1.81. The molecular formula is C18H18N2O3. The third-order valence-corrected chi connectivity index (χ3v) is 4.59. The number of hydrogen-bond acceptors (Lipinski definition) is 3. The summed E-state index contributed by atoms with van der Waals surface area (Å²) in [6, 6.07) is 5.47. The number of anilines is 1. The molecule has 1 aliphatic carbocycles. The Bertz CT molecular complexity index is 833. The molecule has 4 rings (SSSR count). The first-order chi connectivity index (χ1) is 11.2. The molecule has 1 amide bonds. The van der Waals surface area contributed by atoms with Gasteiger partial charge in [-0.1, -0.05) is 0 Å². The molecule has 2 aliphatic rings. The number of aryl methyl sites for hydroxylation is 1. The maximum absolute atomic E-state index is 12.3. The fraction of sp³-hybridized carbons (Fsp3) is 0.278. The number of fused-ring (bicyclic) bond motifs is 2. The van der Waals surface area contributed by atoms with Crippen LogP contribution in [0.15, 0.2) is 18.2 Å². The Morgan fingerprint density at radius 2 is 2.09 bits per heavy atom. The molecule has 0 atom stereocenters. The van der Waals surface area contributed by atoms with Gasteiger partial charge in [0.1, 0.15) is 11.5 Å². The van der Waals surface area contributed by atoms with Crippen LogP contribution >= 0.6 is 0 Å². The number of carbonyl (C=O) groups excluding carboxylic acids is 1. The van der Waals surface area contributed by atoms with Crippen molar-refractivity contribution in [2.24, 2.45) is 0 Å². The van der Waals surface area contributed by atoms with Gasteiger partial charge in [0, 0.05) is 22.5 Å². The van der Waals surface area contributed by atoms with Crippen LogP contribution in [0.25, 0.3) is 11.6 Å². The van der Waals surface area contributed by atoms with Crippen LogP contribution in [-0.4, -0.2) is 23.1 Å². The smallest absolute Gasteiger partial charge is 0.256 e. The van der Waals surface area contributed by atoms with Crippen molar-refractivity contribution in [3.8, 4) is 11.5 Å². The summed E-state index contributed by atoms with van der Waals surface area (Å²) in [5, 5.41) is 13.3. The second-order valence-electron chi connectivity index (χ2n) is 5.98. The van der Waals surface area contributed by atoms with Gasteiger partial charge in [-0.15, -0.1) is 0 Å². The maximum Gasteiger partial charge on any atom is 0.256 e. The molecule has 0 bridgehead atoms. The number of hydrogen-bond donors (Lipinski definition) is 3. The molecule has 23 heavy (non-hydrogen) atoms. The lowest BCUT2D eigenvalue weighted by atomic mass is 9.97. The average Bonchev–Trinajstić information content (AvgIpc) is 3.05. The van der Waals surface area contributed by atoms with Gasteiger partial charge in [-0.3, -0.25) is 4.79 Å². The summed E-state index contributed by atoms with van der Waals surface area (Å²) in [6.45, 7) is 0. The highest BCUT2D eigenvalue weighted by atomic mass is 16.5. The van der Waals surface area contributed by atoms with Crippen LogP contribution in [0.3, 0.4) is 0 Å². The van der Waals surface area contributed by atoms with Crippen LogP contribution in [0.1, 0.15) is 35.4 Å². The minimum absolute atomic E-state index is 0.166. The van der Waals surface area contributed by atoms with E-state index in [9.17, 15) is 9.90 Å². The highest BCUT2D eigenvalue weighted by Gasteiger charge is 2.26. The Morgan fingerprint density at radius 3 is 2.87 bits per heavy atom. The van der Waals surface area contributed by atoms with Crippen molar-refractivity contribution in [3.63, 3.8) is 0 Å². The normalized spacial score (nSPS) is 17.8. The molecule has 3 N–H and O–H groups in total. The third kappa shape index (κ3) is 2.20. The van der Waals surface area contributed by atoms with Gasteiger partial charge in [-0.2, -0.15) is 0 Å². The standard InChI is InChI=1S/C18H18N2O3/c1-23-10-6-7-15-12(8-10)13(18(22)20-15)9-16-17(21)11-4-2-3-5-14(11)19-16/h6-9,19,21H,2-5H2,1H3,(H,20,22). The van der Waals surface area contributed by atoms with Crippen LogP contribution in [0, 0.1) is 0 Å². The van der Waals surface area contributed by atoms with Crippen molar-refractivity contribution in [2.45, 2.75) is 25.7 Å². The van der Waals surface area contributed by atoms with E-state index in [4.69, 9.17) is 4.74 Å². The lowest BCUT2D eigenvalue weighted by molar-refractivity contribution is -0.110. The van der Waals surface area contributed by atoms with E-state index < -0.39 is 0 Å². The molecule has 0 saturated carbocycles. The van der Waals surface area contributed by atoms with Crippen molar-refractivity contribution >= 4 is 23.2 Å². The van der Waals surface area contributed by atoms with Gasteiger partial charge in [0.2, 0.25) is 0 Å². The molecule has 5 heteroatoms. The second-order valence-corrected chi connectivity index (χ2v) is 5.98. The van der Waals surface area contributed by atoms with Gasteiger partial charge in [-0.05, 0) is 50.0 Å². The summed E-state index contributed by atoms with van der Waals surface area (Å²) >= 11 is 0. The van der Waals surface area contributed by atoms with Crippen LogP contribution in [0.5, 0.6) is 11.5 Å². The molecular weight excluding hydrogens is 292 g/mol. The van der Waals surface area contributed by atoms with Gasteiger partial charge in [0.05, 0.1) is 18.4 Å². The summed E-state index contributed by atoms with van der Waals surface area (Å²) < 4.78 is 5.24. The number of amides is 1. The zero-order valence-electron chi connectivity index (χ0n) is 12.9. The predicted molar refractivity (Wildman–Crippen MR) is 88.6 cm³/mol. The number of aromatic hydroxyl groups is 1. The van der Waals surface area contributed by atoms with Crippen molar-refractivity contribution in [3.05, 3.63) is 40.7 Å². The molecule has 118 valence electrons. The van der Waals surface area contributed by atoms with E-state index in [2.05, 4.69) is 10.3 Å². The van der Waals surface area contributed by atoms with Gasteiger partial charge in [0.25, 0.3) is 5.91 Å². The van der Waals surface area contributed by atoms with Crippen LogP contribution < -0.4 is 10.1 Å². The van der Waals surface area contributed by atoms with Crippen molar-refractivity contribution < 1.29 is 14.6 Å². The predicted octanol–water partition coefficient (Wildman–Crippen LogP) is 3.10.